The number of ether oxygens (including phenoxy) is 1. The van der Waals surface area contributed by atoms with Crippen LogP contribution in [0.5, 0.6) is 0 Å². The van der Waals surface area contributed by atoms with Crippen LogP contribution in [0.2, 0.25) is 0 Å². The zero-order valence-corrected chi connectivity index (χ0v) is 12.3. The van der Waals surface area contributed by atoms with Crippen molar-refractivity contribution in [1.29, 1.82) is 0 Å². The molecule has 1 aliphatic rings. The molecule has 1 aliphatic carbocycles. The van der Waals surface area contributed by atoms with Crippen LogP contribution in [-0.2, 0) is 18.2 Å². The topological polar surface area (TPSA) is 53.1 Å². The average Bonchev–Trinajstić information content (AvgIpc) is 2.68. The third kappa shape index (κ3) is 3.37. The summed E-state index contributed by atoms with van der Waals surface area (Å²) in [6.45, 7) is 0. The summed E-state index contributed by atoms with van der Waals surface area (Å²) in [6.07, 6.45) is 11.1. The largest absolute Gasteiger partial charge is 0.377 e. The monoisotopic (exact) mass is 265 g/mol. The molecule has 1 aromatic rings. The predicted molar refractivity (Wildman–Crippen MR) is 76.9 cm³/mol. The summed E-state index contributed by atoms with van der Waals surface area (Å²) in [6, 6.07) is 2.18. The van der Waals surface area contributed by atoms with Gasteiger partial charge in [-0.15, -0.1) is 0 Å². The summed E-state index contributed by atoms with van der Waals surface area (Å²) in [5.74, 6) is 0. The summed E-state index contributed by atoms with van der Waals surface area (Å²) < 4.78 is 7.80. The van der Waals surface area contributed by atoms with E-state index in [9.17, 15) is 0 Å². The third-order valence-electron chi connectivity index (χ3n) is 4.67. The Morgan fingerprint density at radius 2 is 2.05 bits per heavy atom. The van der Waals surface area contributed by atoms with Gasteiger partial charge in [-0.3, -0.25) is 4.68 Å². The molecule has 0 amide bonds. The number of aryl methyl sites for hydroxylation is 2. The highest BCUT2D eigenvalue weighted by atomic mass is 16.5. The van der Waals surface area contributed by atoms with Gasteiger partial charge >= 0.3 is 0 Å². The van der Waals surface area contributed by atoms with Gasteiger partial charge in [0.05, 0.1) is 5.60 Å². The van der Waals surface area contributed by atoms with Gasteiger partial charge in [-0.1, -0.05) is 25.7 Å². The molecule has 0 saturated heterocycles. The van der Waals surface area contributed by atoms with Crippen molar-refractivity contribution in [2.45, 2.75) is 63.0 Å². The van der Waals surface area contributed by atoms with Crippen LogP contribution in [0.4, 0.5) is 0 Å². The second-order valence-electron chi connectivity index (χ2n) is 5.77. The highest BCUT2D eigenvalue weighted by molar-refractivity contribution is 5.02. The lowest BCUT2D eigenvalue weighted by atomic mass is 9.84. The minimum absolute atomic E-state index is 0.102. The van der Waals surface area contributed by atoms with Crippen LogP contribution in [0, 0.1) is 0 Å². The lowest BCUT2D eigenvalue weighted by Gasteiger charge is -2.37. The van der Waals surface area contributed by atoms with Crippen LogP contribution in [0.3, 0.4) is 0 Å². The molecule has 1 saturated carbocycles. The molecule has 0 spiro atoms. The number of methoxy groups -OCH3 is 1. The van der Waals surface area contributed by atoms with Gasteiger partial charge < -0.3 is 10.5 Å². The quantitative estimate of drug-likeness (QED) is 0.832. The first-order valence-corrected chi connectivity index (χ1v) is 7.45. The molecule has 2 N–H and O–H groups in total. The van der Waals surface area contributed by atoms with E-state index in [0.29, 0.717) is 0 Å². The molecule has 0 bridgehead atoms. The zero-order valence-electron chi connectivity index (χ0n) is 12.3. The SMILES string of the molecule is COC1(C(N)CCc2ccnn2C)CCCCCC1. The number of rotatable bonds is 5. The lowest BCUT2D eigenvalue weighted by Crippen LogP contribution is -2.49. The van der Waals surface area contributed by atoms with Gasteiger partial charge in [0.15, 0.2) is 0 Å². The number of nitrogens with two attached hydrogens (primary N) is 1. The van der Waals surface area contributed by atoms with Crippen LogP contribution in [0.15, 0.2) is 12.3 Å². The Kier molecular flexibility index (Phi) is 4.99. The summed E-state index contributed by atoms with van der Waals surface area (Å²) in [4.78, 5) is 0. The van der Waals surface area contributed by atoms with Crippen molar-refractivity contribution in [1.82, 2.24) is 9.78 Å². The molecule has 19 heavy (non-hydrogen) atoms. The standard InChI is InChI=1S/C15H27N3O/c1-18-13(9-12-17-18)7-8-14(16)15(19-2)10-5-3-4-6-11-15/h9,12,14H,3-8,10-11,16H2,1-2H3. The van der Waals surface area contributed by atoms with E-state index in [-0.39, 0.29) is 11.6 Å². The highest BCUT2D eigenvalue weighted by Crippen LogP contribution is 2.33. The Bertz CT molecular complexity index is 380. The second kappa shape index (κ2) is 6.53. The summed E-state index contributed by atoms with van der Waals surface area (Å²) in [5, 5.41) is 4.20. The molecule has 0 aliphatic heterocycles. The highest BCUT2D eigenvalue weighted by Gasteiger charge is 2.36. The minimum atomic E-state index is -0.102. The summed E-state index contributed by atoms with van der Waals surface area (Å²) in [5.41, 5.74) is 7.62. The molecule has 2 rings (SSSR count). The van der Waals surface area contributed by atoms with E-state index in [1.807, 2.05) is 25.0 Å². The molecule has 0 radical (unpaired) electrons. The lowest BCUT2D eigenvalue weighted by molar-refractivity contribution is -0.0449. The fourth-order valence-corrected chi connectivity index (χ4v) is 3.27. The van der Waals surface area contributed by atoms with Gasteiger partial charge in [0.1, 0.15) is 0 Å². The van der Waals surface area contributed by atoms with E-state index in [4.69, 9.17) is 10.5 Å². The molecule has 1 unspecified atom stereocenters. The van der Waals surface area contributed by atoms with E-state index >= 15 is 0 Å². The number of hydrogen-bond acceptors (Lipinski definition) is 3. The molecule has 1 fully saturated rings. The van der Waals surface area contributed by atoms with Crippen molar-refractivity contribution < 1.29 is 4.74 Å². The van der Waals surface area contributed by atoms with Crippen LogP contribution in [-0.4, -0.2) is 28.5 Å². The fraction of sp³-hybridized carbons (Fsp3) is 0.800. The first-order valence-electron chi connectivity index (χ1n) is 7.45. The number of aromatic nitrogens is 2. The first kappa shape index (κ1) is 14.5. The van der Waals surface area contributed by atoms with E-state index in [1.54, 1.807) is 0 Å². The Labute approximate surface area is 116 Å². The minimum Gasteiger partial charge on any atom is -0.377 e. The average molecular weight is 265 g/mol. The number of hydrogen-bond donors (Lipinski definition) is 1. The Balaban J connectivity index is 1.96. The molecule has 0 aromatic carbocycles. The number of nitrogens with zero attached hydrogens (tertiary/aromatic N) is 2. The first-order chi connectivity index (χ1) is 9.18. The van der Waals surface area contributed by atoms with Crippen molar-refractivity contribution in [3.8, 4) is 0 Å². The van der Waals surface area contributed by atoms with E-state index in [0.717, 1.165) is 25.7 Å². The molecular weight excluding hydrogens is 238 g/mol. The summed E-state index contributed by atoms with van der Waals surface area (Å²) >= 11 is 0. The molecule has 1 atom stereocenters. The van der Waals surface area contributed by atoms with Gasteiger partial charge in [0.25, 0.3) is 0 Å². The van der Waals surface area contributed by atoms with Crippen molar-refractivity contribution in [3.05, 3.63) is 18.0 Å². The Morgan fingerprint density at radius 3 is 2.58 bits per heavy atom. The maximum atomic E-state index is 6.48. The maximum Gasteiger partial charge on any atom is 0.0829 e. The maximum absolute atomic E-state index is 6.48. The Hall–Kier alpha value is -0.870. The van der Waals surface area contributed by atoms with Crippen LogP contribution in [0.1, 0.15) is 50.6 Å². The van der Waals surface area contributed by atoms with Gasteiger partial charge in [-0.25, -0.2) is 0 Å². The van der Waals surface area contributed by atoms with Gasteiger partial charge in [-0.2, -0.15) is 5.10 Å². The molecule has 4 heteroatoms. The van der Waals surface area contributed by atoms with E-state index in [1.165, 1.54) is 31.4 Å². The summed E-state index contributed by atoms with van der Waals surface area (Å²) in [7, 11) is 3.81. The molecular formula is C15H27N3O. The molecule has 1 heterocycles. The van der Waals surface area contributed by atoms with E-state index in [2.05, 4.69) is 11.2 Å². The smallest absolute Gasteiger partial charge is 0.0829 e. The van der Waals surface area contributed by atoms with Crippen molar-refractivity contribution >= 4 is 0 Å². The van der Waals surface area contributed by atoms with Gasteiger partial charge in [-0.05, 0) is 31.7 Å². The van der Waals surface area contributed by atoms with Crippen LogP contribution < -0.4 is 5.73 Å². The molecule has 108 valence electrons. The van der Waals surface area contributed by atoms with E-state index < -0.39 is 0 Å². The van der Waals surface area contributed by atoms with Crippen molar-refractivity contribution in [2.75, 3.05) is 7.11 Å². The Morgan fingerprint density at radius 1 is 1.37 bits per heavy atom. The second-order valence-corrected chi connectivity index (χ2v) is 5.77. The van der Waals surface area contributed by atoms with Crippen LogP contribution in [0.25, 0.3) is 0 Å². The van der Waals surface area contributed by atoms with Gasteiger partial charge in [0, 0.05) is 32.1 Å². The zero-order chi connectivity index (χ0) is 13.7. The predicted octanol–water partition coefficient (Wildman–Crippen LogP) is 2.42. The fourth-order valence-electron chi connectivity index (χ4n) is 3.27. The van der Waals surface area contributed by atoms with Crippen molar-refractivity contribution in [2.24, 2.45) is 12.8 Å². The van der Waals surface area contributed by atoms with Gasteiger partial charge in [0.2, 0.25) is 0 Å². The van der Waals surface area contributed by atoms with Crippen molar-refractivity contribution in [3.63, 3.8) is 0 Å². The molecule has 1 aromatic heterocycles. The normalized spacial score (nSPS) is 21.0. The third-order valence-corrected chi connectivity index (χ3v) is 4.67. The molecule has 4 nitrogen and oxygen atoms in total. The van der Waals surface area contributed by atoms with Crippen LogP contribution >= 0.6 is 0 Å².